The van der Waals surface area contributed by atoms with Crippen molar-refractivity contribution in [1.29, 1.82) is 0 Å². The zero-order chi connectivity index (χ0) is 20.7. The molecule has 0 spiro atoms. The minimum Gasteiger partial charge on any atom is -0.471 e. The molecular weight excluding hydrogens is 400 g/mol. The van der Waals surface area contributed by atoms with E-state index in [1.165, 1.54) is 12.1 Å². The third-order valence-corrected chi connectivity index (χ3v) is 5.64. The van der Waals surface area contributed by atoms with E-state index in [1.807, 2.05) is 48.5 Å². The second kappa shape index (κ2) is 7.44. The van der Waals surface area contributed by atoms with Gasteiger partial charge >= 0.3 is 0 Å². The van der Waals surface area contributed by atoms with Gasteiger partial charge in [0.25, 0.3) is 5.69 Å². The lowest BCUT2D eigenvalue weighted by Gasteiger charge is -2.35. The van der Waals surface area contributed by atoms with Crippen LogP contribution in [0.1, 0.15) is 29.0 Å². The van der Waals surface area contributed by atoms with Gasteiger partial charge in [0.2, 0.25) is 0 Å². The Morgan fingerprint density at radius 3 is 2.30 bits per heavy atom. The number of hydrogen-bond acceptors (Lipinski definition) is 4. The first-order chi connectivity index (χ1) is 14.6. The van der Waals surface area contributed by atoms with E-state index in [-0.39, 0.29) is 22.9 Å². The summed E-state index contributed by atoms with van der Waals surface area (Å²) in [6.45, 7) is 0. The van der Waals surface area contributed by atoms with Crippen LogP contribution in [0.4, 0.5) is 5.69 Å². The molecular formula is C24H17ClN2O3. The van der Waals surface area contributed by atoms with Crippen molar-refractivity contribution in [1.82, 2.24) is 5.32 Å². The molecule has 0 aliphatic carbocycles. The van der Waals surface area contributed by atoms with Crippen LogP contribution in [0.3, 0.4) is 0 Å². The molecule has 0 fully saturated rings. The normalized spacial score (nSPS) is 17.9. The predicted octanol–water partition coefficient (Wildman–Crippen LogP) is 6.17. The molecule has 0 aromatic heterocycles. The molecule has 0 amide bonds. The summed E-state index contributed by atoms with van der Waals surface area (Å²) in [4.78, 5) is 10.7. The first-order valence-electron chi connectivity index (χ1n) is 9.54. The van der Waals surface area contributed by atoms with Crippen molar-refractivity contribution in [2.24, 2.45) is 0 Å². The van der Waals surface area contributed by atoms with Crippen LogP contribution in [0.2, 0.25) is 5.02 Å². The van der Waals surface area contributed by atoms with Crippen LogP contribution in [0, 0.1) is 10.1 Å². The number of nitro benzene ring substituents is 1. The van der Waals surface area contributed by atoms with Gasteiger partial charge in [-0.25, -0.2) is 0 Å². The lowest BCUT2D eigenvalue weighted by Crippen LogP contribution is -2.35. The molecule has 5 rings (SSSR count). The van der Waals surface area contributed by atoms with Gasteiger partial charge < -0.3 is 4.74 Å². The number of nitrogens with zero attached hydrogens (tertiary/aromatic N) is 1. The molecule has 5 nitrogen and oxygen atoms in total. The Hall–Kier alpha value is -3.41. The van der Waals surface area contributed by atoms with Crippen LogP contribution >= 0.6 is 11.6 Å². The van der Waals surface area contributed by atoms with Gasteiger partial charge in [0.15, 0.2) is 6.23 Å². The summed E-state index contributed by atoms with van der Waals surface area (Å²) in [5.74, 6) is 0.788. The van der Waals surface area contributed by atoms with Crippen molar-refractivity contribution >= 4 is 28.1 Å². The Bertz CT molecular complexity index is 1240. The third-order valence-electron chi connectivity index (χ3n) is 5.39. The molecule has 2 atom stereocenters. The van der Waals surface area contributed by atoms with Crippen LogP contribution in [0.5, 0.6) is 5.75 Å². The quantitative estimate of drug-likeness (QED) is 0.320. The van der Waals surface area contributed by atoms with E-state index in [0.29, 0.717) is 5.02 Å². The molecule has 0 radical (unpaired) electrons. The molecule has 1 heterocycles. The van der Waals surface area contributed by atoms with Gasteiger partial charge in [-0.1, -0.05) is 66.2 Å². The van der Waals surface area contributed by atoms with Crippen molar-refractivity contribution in [2.75, 3.05) is 0 Å². The van der Waals surface area contributed by atoms with Gasteiger partial charge in [0, 0.05) is 28.3 Å². The molecule has 0 saturated heterocycles. The summed E-state index contributed by atoms with van der Waals surface area (Å²) < 4.78 is 6.32. The second-order valence-corrected chi connectivity index (χ2v) is 7.63. The van der Waals surface area contributed by atoms with Crippen molar-refractivity contribution in [2.45, 2.75) is 12.3 Å². The smallest absolute Gasteiger partial charge is 0.269 e. The summed E-state index contributed by atoms with van der Waals surface area (Å²) in [5, 5.41) is 17.5. The molecule has 4 aromatic carbocycles. The van der Waals surface area contributed by atoms with Gasteiger partial charge in [-0.15, -0.1) is 0 Å². The largest absolute Gasteiger partial charge is 0.471 e. The summed E-state index contributed by atoms with van der Waals surface area (Å²) in [6, 6.07) is 26.2. The topological polar surface area (TPSA) is 64.4 Å². The molecule has 0 bridgehead atoms. The zero-order valence-electron chi connectivity index (χ0n) is 15.8. The highest BCUT2D eigenvalue weighted by Crippen LogP contribution is 2.42. The van der Waals surface area contributed by atoms with E-state index in [9.17, 15) is 10.1 Å². The van der Waals surface area contributed by atoms with Crippen molar-refractivity contribution in [3.8, 4) is 5.75 Å². The Labute approximate surface area is 178 Å². The summed E-state index contributed by atoms with van der Waals surface area (Å²) in [7, 11) is 0. The molecule has 1 aliphatic rings. The fourth-order valence-electron chi connectivity index (χ4n) is 3.93. The Morgan fingerprint density at radius 2 is 1.57 bits per heavy atom. The maximum Gasteiger partial charge on any atom is 0.269 e. The highest BCUT2D eigenvalue weighted by Gasteiger charge is 2.31. The zero-order valence-corrected chi connectivity index (χ0v) is 16.5. The number of ether oxygens (including phenoxy) is 1. The van der Waals surface area contributed by atoms with Crippen LogP contribution in [0.15, 0.2) is 84.9 Å². The average molecular weight is 417 g/mol. The van der Waals surface area contributed by atoms with E-state index in [2.05, 4.69) is 17.4 Å². The maximum absolute atomic E-state index is 11.1. The van der Waals surface area contributed by atoms with E-state index >= 15 is 0 Å². The van der Waals surface area contributed by atoms with E-state index in [4.69, 9.17) is 16.3 Å². The number of halogens is 1. The van der Waals surface area contributed by atoms with Crippen molar-refractivity contribution in [3.05, 3.63) is 117 Å². The summed E-state index contributed by atoms with van der Waals surface area (Å²) in [6.07, 6.45) is -0.379. The van der Waals surface area contributed by atoms with Crippen LogP contribution < -0.4 is 10.1 Å². The first-order valence-corrected chi connectivity index (χ1v) is 9.92. The molecule has 1 aliphatic heterocycles. The lowest BCUT2D eigenvalue weighted by molar-refractivity contribution is -0.384. The average Bonchev–Trinajstić information content (AvgIpc) is 2.78. The highest BCUT2D eigenvalue weighted by atomic mass is 35.5. The molecule has 1 N–H and O–H groups in total. The van der Waals surface area contributed by atoms with Crippen LogP contribution in [-0.2, 0) is 0 Å². The van der Waals surface area contributed by atoms with Gasteiger partial charge in [-0.2, -0.15) is 0 Å². The maximum atomic E-state index is 11.1. The van der Waals surface area contributed by atoms with E-state index < -0.39 is 0 Å². The summed E-state index contributed by atoms with van der Waals surface area (Å²) in [5.41, 5.74) is 2.97. The van der Waals surface area contributed by atoms with Crippen molar-refractivity contribution in [3.63, 3.8) is 0 Å². The number of nitro groups is 1. The van der Waals surface area contributed by atoms with Crippen LogP contribution in [0.25, 0.3) is 10.8 Å². The number of fused-ring (bicyclic) bond motifs is 3. The predicted molar refractivity (Wildman–Crippen MR) is 117 cm³/mol. The van der Waals surface area contributed by atoms with Crippen molar-refractivity contribution < 1.29 is 9.66 Å². The fraction of sp³-hybridized carbons (Fsp3) is 0.0833. The number of rotatable bonds is 3. The van der Waals surface area contributed by atoms with Gasteiger partial charge in [0.1, 0.15) is 5.75 Å². The van der Waals surface area contributed by atoms with Gasteiger partial charge in [0.05, 0.1) is 11.0 Å². The fourth-order valence-corrected chi connectivity index (χ4v) is 4.05. The number of non-ortho nitro benzene ring substituents is 1. The number of hydrogen-bond donors (Lipinski definition) is 1. The first kappa shape index (κ1) is 18.6. The van der Waals surface area contributed by atoms with E-state index in [0.717, 1.165) is 33.2 Å². The second-order valence-electron chi connectivity index (χ2n) is 7.20. The minimum atomic E-state index is -0.388. The molecule has 30 heavy (non-hydrogen) atoms. The Morgan fingerprint density at radius 1 is 0.867 bits per heavy atom. The van der Waals surface area contributed by atoms with E-state index in [1.54, 1.807) is 12.1 Å². The third kappa shape index (κ3) is 3.28. The highest BCUT2D eigenvalue weighted by molar-refractivity contribution is 6.30. The number of benzene rings is 4. The standard InChI is InChI=1S/C24H17ClN2O3/c25-18-10-5-17(6-11-18)24-26-23(16-7-12-19(13-8-16)27(28)29)22-20-4-2-1-3-15(20)9-14-21(22)30-24/h1-14,23-24,26H/t23-,24+/m0/s1. The van der Waals surface area contributed by atoms with Gasteiger partial charge in [-0.3, -0.25) is 15.4 Å². The molecule has 4 aromatic rings. The Balaban J connectivity index is 1.65. The summed E-state index contributed by atoms with van der Waals surface area (Å²) >= 11 is 6.05. The van der Waals surface area contributed by atoms with Gasteiger partial charge in [-0.05, 0) is 34.5 Å². The minimum absolute atomic E-state index is 0.0678. The monoisotopic (exact) mass is 416 g/mol. The molecule has 0 unspecified atom stereocenters. The molecule has 0 saturated carbocycles. The number of nitrogens with one attached hydrogen (secondary N) is 1. The molecule has 148 valence electrons. The Kier molecular flexibility index (Phi) is 4.62. The SMILES string of the molecule is O=[N+]([O-])c1ccc([C@@H]2N[C@@H](c3ccc(Cl)cc3)Oc3ccc4ccccc4c32)cc1. The van der Waals surface area contributed by atoms with Crippen LogP contribution in [-0.4, -0.2) is 4.92 Å². The molecule has 6 heteroatoms. The lowest BCUT2D eigenvalue weighted by atomic mass is 9.91.